The third-order valence-electron chi connectivity index (χ3n) is 9.40. The topological polar surface area (TPSA) is 103 Å². The molecule has 0 amide bonds. The van der Waals surface area contributed by atoms with E-state index in [1.54, 1.807) is 18.5 Å². The normalized spacial score (nSPS) is 26.2. The molecule has 7 rings (SSSR count). The minimum Gasteiger partial charge on any atom is -0.461 e. The van der Waals surface area contributed by atoms with E-state index in [4.69, 9.17) is 21.3 Å². The minimum absolute atomic E-state index is 0.0178. The summed E-state index contributed by atoms with van der Waals surface area (Å²) in [4.78, 5) is 18.1. The summed E-state index contributed by atoms with van der Waals surface area (Å²) < 4.78 is 37.6. The van der Waals surface area contributed by atoms with Crippen LogP contribution < -0.4 is 9.64 Å². The van der Waals surface area contributed by atoms with Crippen LogP contribution in [0.15, 0.2) is 24.5 Å². The number of benzene rings is 1. The van der Waals surface area contributed by atoms with E-state index in [0.717, 1.165) is 32.2 Å². The summed E-state index contributed by atoms with van der Waals surface area (Å²) >= 11 is 6.66. The summed E-state index contributed by atoms with van der Waals surface area (Å²) in [6, 6.07) is 1.78. The number of pyridine rings is 1. The highest BCUT2D eigenvalue weighted by Gasteiger charge is 2.49. The van der Waals surface area contributed by atoms with Crippen LogP contribution in [-0.2, 0) is 0 Å². The molecule has 0 spiro atoms. The second-order valence-corrected chi connectivity index (χ2v) is 13.1. The number of nitrogens with zero attached hydrogens (tertiary/aromatic N) is 6. The number of allylic oxidation sites excluding steroid dienone is 1. The number of alkyl halides is 1. The Morgan fingerprint density at radius 1 is 1.18 bits per heavy atom. The molecule has 0 saturated carbocycles. The zero-order chi connectivity index (χ0) is 30.6. The van der Waals surface area contributed by atoms with Crippen molar-refractivity contribution in [3.63, 3.8) is 0 Å². The zero-order valence-electron chi connectivity index (χ0n) is 24.9. The average molecular weight is 624 g/mol. The van der Waals surface area contributed by atoms with Crippen LogP contribution >= 0.6 is 11.6 Å². The summed E-state index contributed by atoms with van der Waals surface area (Å²) in [7, 11) is 0. The van der Waals surface area contributed by atoms with Crippen LogP contribution in [0.1, 0.15) is 57.9 Å². The Kier molecular flexibility index (Phi) is 7.45. The molecular weight excluding hydrogens is 588 g/mol. The highest BCUT2D eigenvalue weighted by Crippen LogP contribution is 2.42. The molecule has 232 valence electrons. The first kappa shape index (κ1) is 29.3. The number of nitrogens with one attached hydrogen (secondary N) is 1. The quantitative estimate of drug-likeness (QED) is 0.266. The van der Waals surface area contributed by atoms with Gasteiger partial charge in [-0.15, -0.1) is 0 Å². The van der Waals surface area contributed by atoms with Gasteiger partial charge in [0.1, 0.15) is 29.8 Å². The summed E-state index contributed by atoms with van der Waals surface area (Å²) in [6.45, 7) is 6.06. The number of halogens is 3. The Balaban J connectivity index is 1.39. The number of hydrogen-bond acceptors (Lipinski definition) is 8. The average Bonchev–Trinajstić information content (AvgIpc) is 3.64. The molecular formula is C32H36ClF2N7O2. The van der Waals surface area contributed by atoms with Gasteiger partial charge in [-0.1, -0.05) is 23.8 Å². The van der Waals surface area contributed by atoms with E-state index in [9.17, 15) is 9.50 Å². The standard InChI is InChI=1S/C32H36ClF2N7O2/c1-3-7-20-23(33)12-24-21(15-37-40-24)25(20)28-26(35)27-22(14-36-28)29(41-10-5-4-8-31(2,43)17-41)39-30(38-27)44-18-32-9-6-11-42(32)16-19(34)13-32/h3,7,12,14-15,19,43H,4-6,8-11,13,16-18H2,1-2H3,(H,37,40)/b7-3-/t19-,31-,32+/m1/s1. The Hall–Kier alpha value is -3.41. The predicted octanol–water partition coefficient (Wildman–Crippen LogP) is 6.09. The van der Waals surface area contributed by atoms with Gasteiger partial charge in [0.05, 0.1) is 33.3 Å². The van der Waals surface area contributed by atoms with Crippen molar-refractivity contribution in [3.05, 3.63) is 40.9 Å². The molecule has 3 aliphatic rings. The number of rotatable bonds is 6. The molecule has 9 nitrogen and oxygen atoms in total. The van der Waals surface area contributed by atoms with Crippen molar-refractivity contribution in [3.8, 4) is 17.3 Å². The van der Waals surface area contributed by atoms with Crippen molar-refractivity contribution in [1.82, 2.24) is 30.0 Å². The van der Waals surface area contributed by atoms with E-state index >= 15 is 4.39 Å². The van der Waals surface area contributed by atoms with Gasteiger partial charge in [0.15, 0.2) is 5.82 Å². The third kappa shape index (κ3) is 5.08. The van der Waals surface area contributed by atoms with E-state index in [0.29, 0.717) is 70.7 Å². The highest BCUT2D eigenvalue weighted by molar-refractivity contribution is 6.33. The smallest absolute Gasteiger partial charge is 0.319 e. The van der Waals surface area contributed by atoms with Crippen molar-refractivity contribution in [1.29, 1.82) is 0 Å². The second-order valence-electron chi connectivity index (χ2n) is 12.7. The van der Waals surface area contributed by atoms with Crippen molar-refractivity contribution >= 4 is 45.3 Å². The molecule has 1 aromatic carbocycles. The van der Waals surface area contributed by atoms with Crippen LogP contribution in [0.5, 0.6) is 6.01 Å². The minimum atomic E-state index is -0.945. The fourth-order valence-corrected chi connectivity index (χ4v) is 7.63. The summed E-state index contributed by atoms with van der Waals surface area (Å²) in [5.41, 5.74) is 0.541. The SMILES string of the molecule is C/C=C\c1c(Cl)cc2[nH]ncc2c1-c1ncc2c(N3CCCC[C@@](C)(O)C3)nc(OC[C@@]34CCCN3C[C@H](F)C4)nc2c1F. The predicted molar refractivity (Wildman–Crippen MR) is 167 cm³/mol. The Morgan fingerprint density at radius 3 is 2.89 bits per heavy atom. The number of anilines is 1. The van der Waals surface area contributed by atoms with Gasteiger partial charge >= 0.3 is 6.01 Å². The Morgan fingerprint density at radius 2 is 2.05 bits per heavy atom. The monoisotopic (exact) mass is 623 g/mol. The molecule has 12 heteroatoms. The number of aromatic nitrogens is 5. The number of β-amino-alcohol motifs (C(OH)–C–C–N with tert-alkyl or cyclic N) is 1. The van der Waals surface area contributed by atoms with Gasteiger partial charge in [-0.25, -0.2) is 8.78 Å². The van der Waals surface area contributed by atoms with Crippen LogP contribution in [-0.4, -0.2) is 85.3 Å². The maximum Gasteiger partial charge on any atom is 0.319 e. The van der Waals surface area contributed by atoms with Crippen LogP contribution in [0.4, 0.5) is 14.6 Å². The lowest BCUT2D eigenvalue weighted by Gasteiger charge is -2.32. The van der Waals surface area contributed by atoms with Gasteiger partial charge in [-0.05, 0) is 58.6 Å². The second kappa shape index (κ2) is 11.2. The van der Waals surface area contributed by atoms with E-state index < -0.39 is 23.1 Å². The lowest BCUT2D eigenvalue weighted by molar-refractivity contribution is 0.0611. The maximum atomic E-state index is 16.9. The van der Waals surface area contributed by atoms with Crippen molar-refractivity contribution in [2.45, 2.75) is 69.7 Å². The molecule has 2 N–H and O–H groups in total. The molecule has 0 bridgehead atoms. The number of fused-ring (bicyclic) bond motifs is 3. The number of H-pyrrole nitrogens is 1. The van der Waals surface area contributed by atoms with E-state index in [-0.39, 0.29) is 23.8 Å². The molecule has 0 aliphatic carbocycles. The summed E-state index contributed by atoms with van der Waals surface area (Å²) in [6.07, 6.45) is 10.5. The summed E-state index contributed by atoms with van der Waals surface area (Å²) in [5, 5.41) is 19.7. The highest BCUT2D eigenvalue weighted by atomic mass is 35.5. The first-order chi connectivity index (χ1) is 21.2. The van der Waals surface area contributed by atoms with Gasteiger partial charge in [0.2, 0.25) is 0 Å². The lowest BCUT2D eigenvalue weighted by atomic mass is 9.95. The van der Waals surface area contributed by atoms with Crippen LogP contribution in [0.25, 0.3) is 39.1 Å². The molecule has 0 unspecified atom stereocenters. The molecule has 0 radical (unpaired) electrons. The van der Waals surface area contributed by atoms with E-state index in [1.165, 1.54) is 0 Å². The fraction of sp³-hybridized carbons (Fsp3) is 0.500. The Labute approximate surface area is 259 Å². The summed E-state index contributed by atoms with van der Waals surface area (Å²) in [5.74, 6) is -0.188. The van der Waals surface area contributed by atoms with Crippen LogP contribution in [0.2, 0.25) is 5.02 Å². The van der Waals surface area contributed by atoms with Crippen molar-refractivity contribution in [2.24, 2.45) is 0 Å². The first-order valence-corrected chi connectivity index (χ1v) is 15.7. The largest absolute Gasteiger partial charge is 0.461 e. The van der Waals surface area contributed by atoms with E-state index in [2.05, 4.69) is 25.1 Å². The molecule has 3 atom stereocenters. The zero-order valence-corrected chi connectivity index (χ0v) is 25.7. The number of aliphatic hydroxyl groups is 1. The van der Waals surface area contributed by atoms with Gasteiger partial charge < -0.3 is 14.7 Å². The van der Waals surface area contributed by atoms with Crippen molar-refractivity contribution < 1.29 is 18.6 Å². The molecule has 3 aliphatic heterocycles. The van der Waals surface area contributed by atoms with Gasteiger partial charge in [-0.3, -0.25) is 15.0 Å². The van der Waals surface area contributed by atoms with Crippen LogP contribution in [0, 0.1) is 5.82 Å². The third-order valence-corrected chi connectivity index (χ3v) is 9.72. The number of ether oxygens (including phenoxy) is 1. The van der Waals surface area contributed by atoms with Gasteiger partial charge in [0, 0.05) is 48.8 Å². The molecule has 3 saturated heterocycles. The number of aromatic amines is 1. The Bertz CT molecular complexity index is 1760. The molecule has 3 fully saturated rings. The molecule has 3 aromatic heterocycles. The molecule has 4 aromatic rings. The first-order valence-electron chi connectivity index (χ1n) is 15.3. The molecule has 6 heterocycles. The number of hydrogen-bond donors (Lipinski definition) is 2. The van der Waals surface area contributed by atoms with Gasteiger partial charge in [0.25, 0.3) is 0 Å². The van der Waals surface area contributed by atoms with Gasteiger partial charge in [-0.2, -0.15) is 15.1 Å². The van der Waals surface area contributed by atoms with E-state index in [1.807, 2.05) is 30.9 Å². The fourth-order valence-electron chi connectivity index (χ4n) is 7.37. The lowest BCUT2D eigenvalue weighted by Crippen LogP contribution is -2.43. The maximum absolute atomic E-state index is 16.9. The van der Waals surface area contributed by atoms with Crippen molar-refractivity contribution in [2.75, 3.05) is 37.7 Å². The van der Waals surface area contributed by atoms with Crippen LogP contribution in [0.3, 0.4) is 0 Å². The molecule has 44 heavy (non-hydrogen) atoms.